The van der Waals surface area contributed by atoms with E-state index < -0.39 is 5.97 Å². The fourth-order valence-electron chi connectivity index (χ4n) is 0.501. The third kappa shape index (κ3) is 2.68. The van der Waals surface area contributed by atoms with E-state index >= 15 is 0 Å². The van der Waals surface area contributed by atoms with Gasteiger partial charge in [0.05, 0.1) is 6.61 Å². The van der Waals surface area contributed by atoms with Crippen molar-refractivity contribution in [3.05, 3.63) is 11.1 Å². The highest BCUT2D eigenvalue weighted by atomic mass is 32.1. The van der Waals surface area contributed by atoms with Crippen LogP contribution >= 0.6 is 11.5 Å². The maximum atomic E-state index is 10.7. The van der Waals surface area contributed by atoms with Gasteiger partial charge in [0.2, 0.25) is 0 Å². The van der Waals surface area contributed by atoms with E-state index in [9.17, 15) is 4.79 Å². The number of aromatic nitrogens is 2. The molecule has 12 heavy (non-hydrogen) atoms. The minimum atomic E-state index is -0.537. The molecular weight excluding hydrogens is 176 g/mol. The molecule has 0 radical (unpaired) electrons. The highest BCUT2D eigenvalue weighted by Crippen LogP contribution is 1.92. The Bertz CT molecular complexity index is 310. The molecule has 0 bridgehead atoms. The van der Waals surface area contributed by atoms with Crippen molar-refractivity contribution in [3.8, 4) is 11.8 Å². The molecule has 1 heterocycles. The number of carbonyl (C=O) groups is 1. The van der Waals surface area contributed by atoms with Crippen LogP contribution in [0.2, 0.25) is 0 Å². The van der Waals surface area contributed by atoms with E-state index in [0.29, 0.717) is 12.3 Å². The van der Waals surface area contributed by atoms with Crippen LogP contribution in [0.4, 0.5) is 0 Å². The monoisotopic (exact) mass is 182 g/mol. The fraction of sp³-hybridized carbons (Fsp3) is 0.286. The molecule has 4 nitrogen and oxygen atoms in total. The molecule has 62 valence electrons. The first-order chi connectivity index (χ1) is 5.83. The molecule has 1 rings (SSSR count). The first-order valence-corrected chi connectivity index (χ1v) is 4.12. The molecule has 0 spiro atoms. The SMILES string of the molecule is CCOC(=O)C#Cc1csnn1. The van der Waals surface area contributed by atoms with E-state index in [1.165, 1.54) is 11.5 Å². The van der Waals surface area contributed by atoms with Crippen molar-refractivity contribution in [1.29, 1.82) is 0 Å². The van der Waals surface area contributed by atoms with Crippen LogP contribution in [0.1, 0.15) is 12.6 Å². The number of hydrogen-bond acceptors (Lipinski definition) is 5. The van der Waals surface area contributed by atoms with Gasteiger partial charge >= 0.3 is 5.97 Å². The molecule has 0 aromatic carbocycles. The number of carbonyl (C=O) groups excluding carboxylic acids is 1. The minimum absolute atomic E-state index is 0.336. The number of rotatable bonds is 1. The van der Waals surface area contributed by atoms with Crippen molar-refractivity contribution in [2.45, 2.75) is 6.92 Å². The number of esters is 1. The molecule has 0 N–H and O–H groups in total. The molecule has 0 aliphatic carbocycles. The Labute approximate surface area is 73.7 Å². The van der Waals surface area contributed by atoms with Crippen LogP contribution in [0.15, 0.2) is 5.38 Å². The maximum absolute atomic E-state index is 10.7. The van der Waals surface area contributed by atoms with Crippen molar-refractivity contribution in [1.82, 2.24) is 9.59 Å². The molecule has 0 aliphatic rings. The van der Waals surface area contributed by atoms with Gasteiger partial charge in [-0.2, -0.15) is 0 Å². The Morgan fingerprint density at radius 2 is 2.67 bits per heavy atom. The van der Waals surface area contributed by atoms with Gasteiger partial charge < -0.3 is 4.74 Å². The van der Waals surface area contributed by atoms with Crippen molar-refractivity contribution < 1.29 is 9.53 Å². The lowest BCUT2D eigenvalue weighted by Gasteiger charge is -1.89. The summed E-state index contributed by atoms with van der Waals surface area (Å²) in [5.74, 6) is 4.26. The summed E-state index contributed by atoms with van der Waals surface area (Å²) in [4.78, 5) is 10.7. The second-order valence-electron chi connectivity index (χ2n) is 1.76. The topological polar surface area (TPSA) is 52.1 Å². The van der Waals surface area contributed by atoms with Crippen molar-refractivity contribution >= 4 is 17.5 Å². The van der Waals surface area contributed by atoms with E-state index in [-0.39, 0.29) is 0 Å². The summed E-state index contributed by atoms with van der Waals surface area (Å²) in [6, 6.07) is 0. The Morgan fingerprint density at radius 3 is 3.25 bits per heavy atom. The summed E-state index contributed by atoms with van der Waals surface area (Å²) in [5, 5.41) is 5.29. The quantitative estimate of drug-likeness (QED) is 0.467. The van der Waals surface area contributed by atoms with Crippen LogP contribution in [0.3, 0.4) is 0 Å². The molecule has 0 unspecified atom stereocenters. The average Bonchev–Trinajstić information content (AvgIpc) is 2.53. The van der Waals surface area contributed by atoms with Gasteiger partial charge in [0.25, 0.3) is 0 Å². The molecule has 0 atom stereocenters. The van der Waals surface area contributed by atoms with E-state index in [1.54, 1.807) is 12.3 Å². The van der Waals surface area contributed by atoms with Gasteiger partial charge in [0.15, 0.2) is 0 Å². The zero-order valence-electron chi connectivity index (χ0n) is 6.40. The Hall–Kier alpha value is -1.41. The molecule has 0 saturated heterocycles. The number of hydrogen-bond donors (Lipinski definition) is 0. The Balaban J connectivity index is 2.54. The molecule has 1 aromatic rings. The normalized spacial score (nSPS) is 8.42. The zero-order valence-corrected chi connectivity index (χ0v) is 7.22. The highest BCUT2D eigenvalue weighted by molar-refractivity contribution is 7.03. The summed E-state index contributed by atoms with van der Waals surface area (Å²) in [7, 11) is 0. The van der Waals surface area contributed by atoms with E-state index in [1.807, 2.05) is 0 Å². The van der Waals surface area contributed by atoms with Crippen molar-refractivity contribution in [2.75, 3.05) is 6.61 Å². The van der Waals surface area contributed by atoms with Crippen LogP contribution in [0, 0.1) is 11.8 Å². The standard InChI is InChI=1S/C7H6N2O2S/c1-2-11-7(10)4-3-6-5-12-9-8-6/h5H,2H2,1H3. The number of nitrogens with zero attached hydrogens (tertiary/aromatic N) is 2. The summed E-state index contributed by atoms with van der Waals surface area (Å²) < 4.78 is 8.17. The van der Waals surface area contributed by atoms with Crippen LogP contribution < -0.4 is 0 Å². The van der Waals surface area contributed by atoms with Gasteiger partial charge in [-0.1, -0.05) is 4.49 Å². The third-order valence-electron chi connectivity index (χ3n) is 0.928. The predicted octanol–water partition coefficient (Wildman–Crippen LogP) is 0.453. The first kappa shape index (κ1) is 8.68. The molecule has 0 aliphatic heterocycles. The Kier molecular flexibility index (Phi) is 3.23. The van der Waals surface area contributed by atoms with Gasteiger partial charge in [-0.05, 0) is 24.4 Å². The lowest BCUT2D eigenvalue weighted by molar-refractivity contribution is -0.136. The second-order valence-corrected chi connectivity index (χ2v) is 2.37. The third-order valence-corrected chi connectivity index (χ3v) is 1.43. The second kappa shape index (κ2) is 4.46. The van der Waals surface area contributed by atoms with Crippen LogP contribution in [-0.2, 0) is 9.53 Å². The predicted molar refractivity (Wildman–Crippen MR) is 43.4 cm³/mol. The largest absolute Gasteiger partial charge is 0.456 e. The maximum Gasteiger partial charge on any atom is 0.384 e. The highest BCUT2D eigenvalue weighted by Gasteiger charge is 1.93. The summed E-state index contributed by atoms with van der Waals surface area (Å²) in [5.41, 5.74) is 0.494. The lowest BCUT2D eigenvalue weighted by Crippen LogP contribution is -1.99. The summed E-state index contributed by atoms with van der Waals surface area (Å²) in [6.45, 7) is 2.06. The summed E-state index contributed by atoms with van der Waals surface area (Å²) in [6.07, 6.45) is 0. The van der Waals surface area contributed by atoms with Gasteiger partial charge in [-0.25, -0.2) is 4.79 Å². The van der Waals surface area contributed by atoms with Gasteiger partial charge in [-0.15, -0.1) is 5.10 Å². The molecule has 1 aromatic heterocycles. The van der Waals surface area contributed by atoms with Crippen LogP contribution in [0.5, 0.6) is 0 Å². The van der Waals surface area contributed by atoms with Crippen molar-refractivity contribution in [2.24, 2.45) is 0 Å². The molecule has 0 fully saturated rings. The molecular formula is C7H6N2O2S. The Morgan fingerprint density at radius 1 is 1.83 bits per heavy atom. The van der Waals surface area contributed by atoms with Crippen molar-refractivity contribution in [3.63, 3.8) is 0 Å². The van der Waals surface area contributed by atoms with Crippen LogP contribution in [-0.4, -0.2) is 22.2 Å². The lowest BCUT2D eigenvalue weighted by atomic mass is 10.5. The average molecular weight is 182 g/mol. The van der Waals surface area contributed by atoms with E-state index in [4.69, 9.17) is 0 Å². The van der Waals surface area contributed by atoms with Gasteiger partial charge in [-0.3, -0.25) is 0 Å². The molecule has 0 saturated carbocycles. The van der Waals surface area contributed by atoms with E-state index in [2.05, 4.69) is 26.2 Å². The fourth-order valence-corrected chi connectivity index (χ4v) is 0.889. The zero-order chi connectivity index (χ0) is 8.81. The minimum Gasteiger partial charge on any atom is -0.456 e. The smallest absolute Gasteiger partial charge is 0.384 e. The summed E-state index contributed by atoms with van der Waals surface area (Å²) >= 11 is 1.19. The van der Waals surface area contributed by atoms with Gasteiger partial charge in [0, 0.05) is 11.3 Å². The van der Waals surface area contributed by atoms with E-state index in [0.717, 1.165) is 0 Å². The first-order valence-electron chi connectivity index (χ1n) is 3.28. The van der Waals surface area contributed by atoms with Gasteiger partial charge in [0.1, 0.15) is 5.69 Å². The molecule has 5 heteroatoms. The van der Waals surface area contributed by atoms with Crippen LogP contribution in [0.25, 0.3) is 0 Å². The molecule has 0 amide bonds. The number of ether oxygens (including phenoxy) is 1.